The third-order valence-corrected chi connectivity index (χ3v) is 6.44. The molecule has 0 aromatic carbocycles. The molecule has 1 rings (SSSR count). The maximum Gasteiger partial charge on any atom is 0.281 e. The Morgan fingerprint density at radius 2 is 1.74 bits per heavy atom. The standard InChI is InChI=1S/C16H33N3O3S/c1-4-6-8-11-17-16(20)15-9-13-19(14-10-15)23(21,22)18(3)12-7-5-2/h15H,4-14H2,1-3H3,(H,17,20). The van der Waals surface area contributed by atoms with E-state index in [1.54, 1.807) is 7.05 Å². The van der Waals surface area contributed by atoms with E-state index in [1.165, 1.54) is 8.61 Å². The molecular formula is C16H33N3O3S. The molecular weight excluding hydrogens is 314 g/mol. The van der Waals surface area contributed by atoms with Gasteiger partial charge in [-0.1, -0.05) is 33.1 Å². The van der Waals surface area contributed by atoms with E-state index in [9.17, 15) is 13.2 Å². The lowest BCUT2D eigenvalue weighted by atomic mass is 9.97. The maximum atomic E-state index is 12.5. The van der Waals surface area contributed by atoms with Gasteiger partial charge in [-0.3, -0.25) is 4.79 Å². The minimum atomic E-state index is -3.37. The van der Waals surface area contributed by atoms with Gasteiger partial charge < -0.3 is 5.32 Å². The Bertz CT molecular complexity index is 445. The number of nitrogens with one attached hydrogen (secondary N) is 1. The predicted octanol–water partition coefficient (Wildman–Crippen LogP) is 1.98. The summed E-state index contributed by atoms with van der Waals surface area (Å²) in [5, 5.41) is 2.97. The number of nitrogens with zero attached hydrogens (tertiary/aromatic N) is 2. The van der Waals surface area contributed by atoms with Gasteiger partial charge in [0.1, 0.15) is 0 Å². The number of carbonyl (C=O) groups excluding carboxylic acids is 1. The first-order valence-electron chi connectivity index (χ1n) is 8.92. The second kappa shape index (κ2) is 10.3. The van der Waals surface area contributed by atoms with Crippen LogP contribution in [0, 0.1) is 5.92 Å². The van der Waals surface area contributed by atoms with E-state index in [2.05, 4.69) is 12.2 Å². The van der Waals surface area contributed by atoms with Crippen LogP contribution < -0.4 is 5.32 Å². The molecule has 1 N–H and O–H groups in total. The van der Waals surface area contributed by atoms with Gasteiger partial charge in [-0.25, -0.2) is 0 Å². The summed E-state index contributed by atoms with van der Waals surface area (Å²) in [6, 6.07) is 0. The van der Waals surface area contributed by atoms with Crippen LogP contribution in [0.2, 0.25) is 0 Å². The number of unbranched alkanes of at least 4 members (excludes halogenated alkanes) is 3. The first kappa shape index (κ1) is 20.4. The van der Waals surface area contributed by atoms with Crippen LogP contribution in [0.5, 0.6) is 0 Å². The van der Waals surface area contributed by atoms with E-state index >= 15 is 0 Å². The average molecular weight is 348 g/mol. The second-order valence-corrected chi connectivity index (χ2v) is 8.39. The Morgan fingerprint density at radius 3 is 2.30 bits per heavy atom. The monoisotopic (exact) mass is 347 g/mol. The van der Waals surface area contributed by atoms with Crippen molar-refractivity contribution in [2.45, 2.75) is 58.8 Å². The third kappa shape index (κ3) is 6.39. The molecule has 1 fully saturated rings. The zero-order valence-corrected chi connectivity index (χ0v) is 15.7. The van der Waals surface area contributed by atoms with Crippen molar-refractivity contribution in [3.63, 3.8) is 0 Å². The molecule has 7 heteroatoms. The van der Waals surface area contributed by atoms with Crippen molar-refractivity contribution in [3.8, 4) is 0 Å². The molecule has 0 saturated carbocycles. The zero-order valence-electron chi connectivity index (χ0n) is 14.9. The van der Waals surface area contributed by atoms with E-state index in [0.717, 1.165) is 38.6 Å². The second-order valence-electron chi connectivity index (χ2n) is 6.35. The highest BCUT2D eigenvalue weighted by Crippen LogP contribution is 2.21. The minimum absolute atomic E-state index is 0.0518. The number of amides is 1. The molecule has 1 heterocycles. The number of hydrogen-bond acceptors (Lipinski definition) is 3. The van der Waals surface area contributed by atoms with Gasteiger partial charge >= 0.3 is 0 Å². The fourth-order valence-electron chi connectivity index (χ4n) is 2.77. The Labute approximate surface area is 141 Å². The molecule has 0 radical (unpaired) electrons. The predicted molar refractivity (Wildman–Crippen MR) is 93.3 cm³/mol. The lowest BCUT2D eigenvalue weighted by Crippen LogP contribution is -2.48. The quantitative estimate of drug-likeness (QED) is 0.614. The Hall–Kier alpha value is -0.660. The van der Waals surface area contributed by atoms with Crippen molar-refractivity contribution in [3.05, 3.63) is 0 Å². The molecule has 1 saturated heterocycles. The van der Waals surface area contributed by atoms with Crippen LogP contribution in [0.15, 0.2) is 0 Å². The van der Waals surface area contributed by atoms with Crippen LogP contribution in [0.25, 0.3) is 0 Å². The van der Waals surface area contributed by atoms with Crippen LogP contribution in [0.4, 0.5) is 0 Å². The Kier molecular flexibility index (Phi) is 9.09. The number of piperidine rings is 1. The van der Waals surface area contributed by atoms with Crippen molar-refractivity contribution >= 4 is 16.1 Å². The van der Waals surface area contributed by atoms with Crippen LogP contribution in [-0.4, -0.2) is 56.2 Å². The van der Waals surface area contributed by atoms with Gasteiger partial charge in [0.2, 0.25) is 5.91 Å². The van der Waals surface area contributed by atoms with E-state index in [-0.39, 0.29) is 11.8 Å². The van der Waals surface area contributed by atoms with Crippen LogP contribution >= 0.6 is 0 Å². The fourth-order valence-corrected chi connectivity index (χ4v) is 4.20. The van der Waals surface area contributed by atoms with Gasteiger partial charge in [0.25, 0.3) is 10.2 Å². The van der Waals surface area contributed by atoms with Crippen LogP contribution in [0.1, 0.15) is 58.8 Å². The molecule has 1 amide bonds. The van der Waals surface area contributed by atoms with Crippen LogP contribution in [0.3, 0.4) is 0 Å². The van der Waals surface area contributed by atoms with Crippen molar-refractivity contribution in [1.29, 1.82) is 0 Å². The van der Waals surface area contributed by atoms with E-state index in [4.69, 9.17) is 0 Å². The van der Waals surface area contributed by atoms with Crippen molar-refractivity contribution in [1.82, 2.24) is 13.9 Å². The maximum absolute atomic E-state index is 12.5. The summed E-state index contributed by atoms with van der Waals surface area (Å²) in [5.74, 6) is 0.0292. The molecule has 0 unspecified atom stereocenters. The van der Waals surface area contributed by atoms with E-state index in [1.807, 2.05) is 6.92 Å². The zero-order chi connectivity index (χ0) is 17.3. The molecule has 6 nitrogen and oxygen atoms in total. The first-order chi connectivity index (χ1) is 10.9. The lowest BCUT2D eigenvalue weighted by Gasteiger charge is -2.33. The summed E-state index contributed by atoms with van der Waals surface area (Å²) in [6.07, 6.45) is 6.34. The largest absolute Gasteiger partial charge is 0.356 e. The highest BCUT2D eigenvalue weighted by atomic mass is 32.2. The summed E-state index contributed by atoms with van der Waals surface area (Å²) >= 11 is 0. The number of carbonyl (C=O) groups is 1. The van der Waals surface area contributed by atoms with Crippen LogP contribution in [-0.2, 0) is 15.0 Å². The lowest BCUT2D eigenvalue weighted by molar-refractivity contribution is -0.126. The number of hydrogen-bond donors (Lipinski definition) is 1. The van der Waals surface area contributed by atoms with Gasteiger partial charge in [-0.2, -0.15) is 17.0 Å². The van der Waals surface area contributed by atoms with Crippen molar-refractivity contribution in [2.24, 2.45) is 5.92 Å². The average Bonchev–Trinajstić information content (AvgIpc) is 2.56. The summed E-state index contributed by atoms with van der Waals surface area (Å²) in [5.41, 5.74) is 0. The molecule has 0 atom stereocenters. The SMILES string of the molecule is CCCCCNC(=O)C1CCN(S(=O)(=O)N(C)CCCC)CC1. The van der Waals surface area contributed by atoms with Gasteiger partial charge in [-0.05, 0) is 25.7 Å². The Balaban J connectivity index is 2.40. The summed E-state index contributed by atoms with van der Waals surface area (Å²) in [7, 11) is -1.74. The first-order valence-corrected chi connectivity index (χ1v) is 10.3. The molecule has 1 aliphatic rings. The van der Waals surface area contributed by atoms with E-state index in [0.29, 0.717) is 32.5 Å². The highest BCUT2D eigenvalue weighted by molar-refractivity contribution is 7.86. The van der Waals surface area contributed by atoms with Gasteiger partial charge in [-0.15, -0.1) is 0 Å². The van der Waals surface area contributed by atoms with Gasteiger partial charge in [0.15, 0.2) is 0 Å². The summed E-state index contributed by atoms with van der Waals surface area (Å²) < 4.78 is 27.9. The minimum Gasteiger partial charge on any atom is -0.356 e. The fraction of sp³-hybridized carbons (Fsp3) is 0.938. The molecule has 0 aromatic rings. The molecule has 1 aliphatic heterocycles. The number of rotatable bonds is 10. The Morgan fingerprint density at radius 1 is 1.13 bits per heavy atom. The topological polar surface area (TPSA) is 69.7 Å². The van der Waals surface area contributed by atoms with Crippen molar-refractivity contribution < 1.29 is 13.2 Å². The van der Waals surface area contributed by atoms with Gasteiger partial charge in [0.05, 0.1) is 0 Å². The molecule has 136 valence electrons. The molecule has 0 aliphatic carbocycles. The third-order valence-electron chi connectivity index (χ3n) is 4.45. The molecule has 23 heavy (non-hydrogen) atoms. The normalized spacial score (nSPS) is 17.6. The highest BCUT2D eigenvalue weighted by Gasteiger charge is 2.32. The van der Waals surface area contributed by atoms with E-state index < -0.39 is 10.2 Å². The molecule has 0 spiro atoms. The summed E-state index contributed by atoms with van der Waals surface area (Å²) in [6.45, 7) is 6.33. The summed E-state index contributed by atoms with van der Waals surface area (Å²) in [4.78, 5) is 12.1. The van der Waals surface area contributed by atoms with Gasteiger partial charge in [0, 0.05) is 39.1 Å². The van der Waals surface area contributed by atoms with Crippen molar-refractivity contribution in [2.75, 3.05) is 33.2 Å². The molecule has 0 bridgehead atoms. The molecule has 0 aromatic heterocycles. The smallest absolute Gasteiger partial charge is 0.281 e.